The molecule has 20 heavy (non-hydrogen) atoms. The maximum absolute atomic E-state index is 5.84. The topological polar surface area (TPSA) is 48.1 Å². The molecule has 3 nitrogen and oxygen atoms in total. The van der Waals surface area contributed by atoms with Gasteiger partial charge in [-0.15, -0.1) is 11.3 Å². The van der Waals surface area contributed by atoms with Crippen molar-refractivity contribution in [3.8, 4) is 11.5 Å². The van der Waals surface area contributed by atoms with E-state index < -0.39 is 0 Å². The molecule has 0 radical (unpaired) electrons. The average molecular weight is 284 g/mol. The lowest BCUT2D eigenvalue weighted by Crippen LogP contribution is -1.99. The maximum atomic E-state index is 5.84. The van der Waals surface area contributed by atoms with E-state index in [-0.39, 0.29) is 0 Å². The number of benzene rings is 2. The van der Waals surface area contributed by atoms with Crippen molar-refractivity contribution in [1.29, 1.82) is 0 Å². The minimum absolute atomic E-state index is 0.707. The monoisotopic (exact) mass is 284 g/mol. The van der Waals surface area contributed by atoms with Gasteiger partial charge < -0.3 is 10.5 Å². The van der Waals surface area contributed by atoms with Crippen LogP contribution in [0, 0.1) is 0 Å². The van der Waals surface area contributed by atoms with Crippen molar-refractivity contribution in [3.05, 3.63) is 53.5 Å². The van der Waals surface area contributed by atoms with Gasteiger partial charge in [0.1, 0.15) is 11.5 Å². The molecular formula is C16H16N2OS. The molecule has 0 atom stereocenters. The number of fused-ring (bicyclic) bond motifs is 1. The number of aromatic nitrogens is 1. The summed E-state index contributed by atoms with van der Waals surface area (Å²) in [6.07, 6.45) is 1.93. The molecule has 0 aliphatic carbocycles. The molecule has 4 heteroatoms. The van der Waals surface area contributed by atoms with E-state index in [2.05, 4.69) is 4.98 Å². The summed E-state index contributed by atoms with van der Waals surface area (Å²) in [4.78, 5) is 4.61. The molecule has 0 unspecified atom stereocenters. The Morgan fingerprint density at radius 2 is 1.90 bits per heavy atom. The first-order valence-electron chi connectivity index (χ1n) is 6.67. The van der Waals surface area contributed by atoms with E-state index in [0.717, 1.165) is 39.6 Å². The third-order valence-electron chi connectivity index (χ3n) is 2.98. The molecule has 0 bridgehead atoms. The van der Waals surface area contributed by atoms with Crippen molar-refractivity contribution in [2.24, 2.45) is 5.73 Å². The van der Waals surface area contributed by atoms with E-state index in [1.807, 2.05) is 48.5 Å². The summed E-state index contributed by atoms with van der Waals surface area (Å²) in [5, 5.41) is 1.14. The van der Waals surface area contributed by atoms with Crippen LogP contribution < -0.4 is 10.5 Å². The van der Waals surface area contributed by atoms with E-state index >= 15 is 0 Å². The maximum Gasteiger partial charge on any atom is 0.128 e. The molecule has 2 N–H and O–H groups in total. The molecule has 2 aromatic carbocycles. The highest BCUT2D eigenvalue weighted by molar-refractivity contribution is 7.18. The lowest BCUT2D eigenvalue weighted by molar-refractivity contribution is 0.483. The highest BCUT2D eigenvalue weighted by Crippen LogP contribution is 2.29. The standard InChI is InChI=1S/C16H16N2OS/c17-10-4-7-16-18-14-9-8-13(11-15(14)20-16)19-12-5-2-1-3-6-12/h1-3,5-6,8-9,11H,4,7,10,17H2. The first-order valence-corrected chi connectivity index (χ1v) is 7.49. The Hall–Kier alpha value is -1.91. The molecule has 0 fully saturated rings. The predicted octanol–water partition coefficient (Wildman–Crippen LogP) is 3.98. The number of hydrogen-bond donors (Lipinski definition) is 1. The van der Waals surface area contributed by atoms with E-state index in [1.165, 1.54) is 0 Å². The molecule has 3 aromatic rings. The van der Waals surface area contributed by atoms with Crippen molar-refractivity contribution in [2.45, 2.75) is 12.8 Å². The first-order chi connectivity index (χ1) is 9.85. The smallest absolute Gasteiger partial charge is 0.128 e. The Kier molecular flexibility index (Phi) is 3.95. The third-order valence-corrected chi connectivity index (χ3v) is 4.06. The lowest BCUT2D eigenvalue weighted by Gasteiger charge is -2.04. The second-order valence-electron chi connectivity index (χ2n) is 4.54. The quantitative estimate of drug-likeness (QED) is 0.771. The number of nitrogens with zero attached hydrogens (tertiary/aromatic N) is 1. The molecule has 1 heterocycles. The lowest BCUT2D eigenvalue weighted by atomic mass is 10.3. The van der Waals surface area contributed by atoms with E-state index in [1.54, 1.807) is 11.3 Å². The molecule has 0 amide bonds. The summed E-state index contributed by atoms with van der Waals surface area (Å²) < 4.78 is 6.99. The van der Waals surface area contributed by atoms with Crippen LogP contribution in [0.2, 0.25) is 0 Å². The second kappa shape index (κ2) is 6.03. The third kappa shape index (κ3) is 2.98. The van der Waals surface area contributed by atoms with Crippen LogP contribution in [0.5, 0.6) is 11.5 Å². The molecule has 0 aliphatic heterocycles. The SMILES string of the molecule is NCCCc1nc2ccc(Oc3ccccc3)cc2s1. The molecule has 0 saturated carbocycles. The van der Waals surface area contributed by atoms with Crippen LogP contribution in [0.25, 0.3) is 10.2 Å². The number of nitrogens with two attached hydrogens (primary N) is 1. The van der Waals surface area contributed by atoms with E-state index in [4.69, 9.17) is 10.5 Å². The van der Waals surface area contributed by atoms with Crippen LogP contribution in [0.15, 0.2) is 48.5 Å². The highest BCUT2D eigenvalue weighted by Gasteiger charge is 2.05. The van der Waals surface area contributed by atoms with E-state index in [0.29, 0.717) is 6.54 Å². The van der Waals surface area contributed by atoms with Gasteiger partial charge in [-0.2, -0.15) is 0 Å². The molecule has 1 aromatic heterocycles. The number of rotatable bonds is 5. The fourth-order valence-electron chi connectivity index (χ4n) is 2.00. The Morgan fingerprint density at radius 3 is 2.70 bits per heavy atom. The normalized spacial score (nSPS) is 10.8. The minimum Gasteiger partial charge on any atom is -0.457 e. The number of thiazole rings is 1. The Bertz CT molecular complexity index is 694. The van der Waals surface area contributed by atoms with Crippen LogP contribution >= 0.6 is 11.3 Å². The van der Waals surface area contributed by atoms with Gasteiger partial charge in [-0.05, 0) is 37.2 Å². The van der Waals surface area contributed by atoms with Crippen molar-refractivity contribution in [3.63, 3.8) is 0 Å². The van der Waals surface area contributed by atoms with Crippen LogP contribution in [0.4, 0.5) is 0 Å². The van der Waals surface area contributed by atoms with Gasteiger partial charge >= 0.3 is 0 Å². The van der Waals surface area contributed by atoms with Gasteiger partial charge in [-0.3, -0.25) is 0 Å². The van der Waals surface area contributed by atoms with Crippen molar-refractivity contribution in [1.82, 2.24) is 4.98 Å². The van der Waals surface area contributed by atoms with Gasteiger partial charge in [0, 0.05) is 12.5 Å². The first kappa shape index (κ1) is 13.1. The molecule has 0 aliphatic rings. The van der Waals surface area contributed by atoms with Crippen LogP contribution in [-0.2, 0) is 6.42 Å². The van der Waals surface area contributed by atoms with E-state index in [9.17, 15) is 0 Å². The van der Waals surface area contributed by atoms with Gasteiger partial charge in [0.25, 0.3) is 0 Å². The second-order valence-corrected chi connectivity index (χ2v) is 5.66. The highest BCUT2D eigenvalue weighted by atomic mass is 32.1. The fraction of sp³-hybridized carbons (Fsp3) is 0.188. The van der Waals surface area contributed by atoms with Crippen LogP contribution in [-0.4, -0.2) is 11.5 Å². The Balaban J connectivity index is 1.83. The van der Waals surface area contributed by atoms with Crippen molar-refractivity contribution < 1.29 is 4.74 Å². The van der Waals surface area contributed by atoms with Crippen molar-refractivity contribution >= 4 is 21.6 Å². The van der Waals surface area contributed by atoms with Crippen LogP contribution in [0.3, 0.4) is 0 Å². The van der Waals surface area contributed by atoms with Gasteiger partial charge in [0.15, 0.2) is 0 Å². The number of ether oxygens (including phenoxy) is 1. The molecule has 102 valence electrons. The minimum atomic E-state index is 0.707. The Labute approximate surface area is 122 Å². The zero-order valence-electron chi connectivity index (χ0n) is 11.1. The fourth-order valence-corrected chi connectivity index (χ4v) is 3.04. The zero-order chi connectivity index (χ0) is 13.8. The molecular weight excluding hydrogens is 268 g/mol. The summed E-state index contributed by atoms with van der Waals surface area (Å²) in [6.45, 7) is 0.707. The number of para-hydroxylation sites is 1. The summed E-state index contributed by atoms with van der Waals surface area (Å²) in [5.41, 5.74) is 6.57. The summed E-state index contributed by atoms with van der Waals surface area (Å²) in [7, 11) is 0. The number of hydrogen-bond acceptors (Lipinski definition) is 4. The van der Waals surface area contributed by atoms with Gasteiger partial charge in [-0.25, -0.2) is 4.98 Å². The Morgan fingerprint density at radius 1 is 1.05 bits per heavy atom. The molecule has 0 spiro atoms. The predicted molar refractivity (Wildman–Crippen MR) is 83.5 cm³/mol. The van der Waals surface area contributed by atoms with Gasteiger partial charge in [0.05, 0.1) is 15.2 Å². The number of aryl methyl sites for hydroxylation is 1. The van der Waals surface area contributed by atoms with Crippen molar-refractivity contribution in [2.75, 3.05) is 6.54 Å². The largest absolute Gasteiger partial charge is 0.457 e. The van der Waals surface area contributed by atoms with Gasteiger partial charge in [-0.1, -0.05) is 18.2 Å². The molecule has 3 rings (SSSR count). The van der Waals surface area contributed by atoms with Crippen LogP contribution in [0.1, 0.15) is 11.4 Å². The molecule has 0 saturated heterocycles. The summed E-state index contributed by atoms with van der Waals surface area (Å²) in [6, 6.07) is 15.8. The summed E-state index contributed by atoms with van der Waals surface area (Å²) >= 11 is 1.72. The zero-order valence-corrected chi connectivity index (χ0v) is 11.9. The average Bonchev–Trinajstić information content (AvgIpc) is 2.88. The summed E-state index contributed by atoms with van der Waals surface area (Å²) in [5.74, 6) is 1.69. The van der Waals surface area contributed by atoms with Gasteiger partial charge in [0.2, 0.25) is 0 Å².